The summed E-state index contributed by atoms with van der Waals surface area (Å²) < 4.78 is 13.2. The second-order valence-electron chi connectivity index (χ2n) is 7.40. The second kappa shape index (κ2) is 10.3. The Morgan fingerprint density at radius 1 is 1.07 bits per heavy atom. The Morgan fingerprint density at radius 2 is 1.89 bits per heavy atom. The van der Waals surface area contributed by atoms with Gasteiger partial charge in [0.2, 0.25) is 0 Å². The number of benzene rings is 1. The second-order valence-corrected chi connectivity index (χ2v) is 7.40. The van der Waals surface area contributed by atoms with Crippen LogP contribution in [0.1, 0.15) is 44.1 Å². The molecular weight excluding hydrogens is 343 g/mol. The van der Waals surface area contributed by atoms with Crippen molar-refractivity contribution in [1.82, 2.24) is 20.5 Å². The molecule has 0 bridgehead atoms. The molecule has 2 amide bonds. The van der Waals surface area contributed by atoms with Crippen molar-refractivity contribution in [2.24, 2.45) is 0 Å². The first-order valence-corrected chi connectivity index (χ1v) is 10.2. The van der Waals surface area contributed by atoms with Crippen LogP contribution < -0.4 is 10.6 Å². The number of halogens is 1. The van der Waals surface area contributed by atoms with Crippen LogP contribution in [0.3, 0.4) is 0 Å². The summed E-state index contributed by atoms with van der Waals surface area (Å²) in [4.78, 5) is 17.5. The summed E-state index contributed by atoms with van der Waals surface area (Å²) in [5.74, 6) is -0.246. The molecule has 0 unspecified atom stereocenters. The number of nitrogens with one attached hydrogen (secondary N) is 3. The smallest absolute Gasteiger partial charge is 0.314 e. The van der Waals surface area contributed by atoms with E-state index >= 15 is 0 Å². The number of piperidine rings is 1. The van der Waals surface area contributed by atoms with Gasteiger partial charge in [-0.1, -0.05) is 12.8 Å². The van der Waals surface area contributed by atoms with Gasteiger partial charge in [-0.2, -0.15) is 0 Å². The van der Waals surface area contributed by atoms with E-state index in [1.54, 1.807) is 6.07 Å². The van der Waals surface area contributed by atoms with Crippen LogP contribution in [0.25, 0.3) is 10.9 Å². The number of fused-ring (bicyclic) bond motifs is 1. The number of hydrogen-bond acceptors (Lipinski definition) is 2. The van der Waals surface area contributed by atoms with Crippen LogP contribution in [-0.4, -0.2) is 48.6 Å². The third kappa shape index (κ3) is 6.24. The maximum Gasteiger partial charge on any atom is 0.314 e. The number of nitrogens with zero attached hydrogens (tertiary/aromatic N) is 1. The Morgan fingerprint density at radius 3 is 2.74 bits per heavy atom. The number of urea groups is 1. The summed E-state index contributed by atoms with van der Waals surface area (Å²) in [7, 11) is 0. The van der Waals surface area contributed by atoms with Crippen LogP contribution in [0.2, 0.25) is 0 Å². The topological polar surface area (TPSA) is 60.2 Å². The van der Waals surface area contributed by atoms with Gasteiger partial charge in [-0.05, 0) is 75.5 Å². The Hall–Kier alpha value is -2.08. The third-order valence-electron chi connectivity index (χ3n) is 5.29. The first kappa shape index (κ1) is 19.7. The van der Waals surface area contributed by atoms with Gasteiger partial charge in [-0.3, -0.25) is 0 Å². The van der Waals surface area contributed by atoms with Crippen LogP contribution in [0, 0.1) is 5.82 Å². The van der Waals surface area contributed by atoms with Crippen LogP contribution >= 0.6 is 0 Å². The molecule has 2 aromatic rings. The molecule has 1 fully saturated rings. The summed E-state index contributed by atoms with van der Waals surface area (Å²) in [6, 6.07) is 4.62. The molecule has 1 aromatic heterocycles. The zero-order valence-corrected chi connectivity index (χ0v) is 16.0. The van der Waals surface area contributed by atoms with E-state index in [0.29, 0.717) is 6.54 Å². The molecule has 0 radical (unpaired) electrons. The number of carbonyl (C=O) groups excluding carboxylic acids is 1. The number of amides is 2. The molecule has 3 N–H and O–H groups in total. The lowest BCUT2D eigenvalue weighted by Gasteiger charge is -2.26. The average Bonchev–Trinajstić information content (AvgIpc) is 3.07. The SMILES string of the molecule is O=C(NCCCCCN1CCCCC1)NCCc1c[nH]c2cc(F)ccc12. The van der Waals surface area contributed by atoms with E-state index in [2.05, 4.69) is 20.5 Å². The van der Waals surface area contributed by atoms with Gasteiger partial charge < -0.3 is 20.5 Å². The Kier molecular flexibility index (Phi) is 7.51. The van der Waals surface area contributed by atoms with Crippen molar-refractivity contribution < 1.29 is 9.18 Å². The maximum atomic E-state index is 13.2. The molecule has 1 saturated heterocycles. The summed E-state index contributed by atoms with van der Waals surface area (Å²) in [6.07, 6.45) is 10.1. The van der Waals surface area contributed by atoms with Crippen molar-refractivity contribution >= 4 is 16.9 Å². The van der Waals surface area contributed by atoms with Crippen LogP contribution in [0.15, 0.2) is 24.4 Å². The number of carbonyl (C=O) groups is 1. The number of unbranched alkanes of at least 4 members (excludes halogenated alkanes) is 2. The predicted molar refractivity (Wildman–Crippen MR) is 108 cm³/mol. The number of rotatable bonds is 9. The maximum absolute atomic E-state index is 13.2. The Balaban J connectivity index is 1.24. The summed E-state index contributed by atoms with van der Waals surface area (Å²) in [5, 5.41) is 6.82. The fraction of sp³-hybridized carbons (Fsp3) is 0.571. The van der Waals surface area contributed by atoms with E-state index in [0.717, 1.165) is 42.3 Å². The summed E-state index contributed by atoms with van der Waals surface area (Å²) >= 11 is 0. The lowest BCUT2D eigenvalue weighted by atomic mass is 10.1. The molecule has 27 heavy (non-hydrogen) atoms. The Labute approximate surface area is 160 Å². The van der Waals surface area contributed by atoms with Gasteiger partial charge in [-0.15, -0.1) is 0 Å². The number of H-pyrrole nitrogens is 1. The Bertz CT molecular complexity index is 724. The molecule has 6 heteroatoms. The molecule has 2 heterocycles. The fourth-order valence-electron chi connectivity index (χ4n) is 3.76. The largest absolute Gasteiger partial charge is 0.361 e. The monoisotopic (exact) mass is 374 g/mol. The van der Waals surface area contributed by atoms with Crippen LogP contribution in [-0.2, 0) is 6.42 Å². The van der Waals surface area contributed by atoms with Gasteiger partial charge in [0.05, 0.1) is 0 Å². The van der Waals surface area contributed by atoms with E-state index in [9.17, 15) is 9.18 Å². The molecular formula is C21H31FN4O. The highest BCUT2D eigenvalue weighted by Gasteiger charge is 2.09. The zero-order chi connectivity index (χ0) is 18.9. The van der Waals surface area contributed by atoms with Crippen molar-refractivity contribution in [3.05, 3.63) is 35.8 Å². The van der Waals surface area contributed by atoms with Gasteiger partial charge in [0, 0.05) is 30.2 Å². The van der Waals surface area contributed by atoms with Crippen molar-refractivity contribution in [1.29, 1.82) is 0 Å². The van der Waals surface area contributed by atoms with Gasteiger partial charge in [0.15, 0.2) is 0 Å². The number of likely N-dealkylation sites (tertiary alicyclic amines) is 1. The van der Waals surface area contributed by atoms with Crippen LogP contribution in [0.5, 0.6) is 0 Å². The number of hydrogen-bond donors (Lipinski definition) is 3. The van der Waals surface area contributed by atoms with Crippen molar-refractivity contribution in [3.8, 4) is 0 Å². The molecule has 0 atom stereocenters. The lowest BCUT2D eigenvalue weighted by molar-refractivity contribution is 0.224. The van der Waals surface area contributed by atoms with Gasteiger partial charge in [0.25, 0.3) is 0 Å². The van der Waals surface area contributed by atoms with Crippen molar-refractivity contribution in [2.45, 2.75) is 44.9 Å². The summed E-state index contributed by atoms with van der Waals surface area (Å²) in [5.41, 5.74) is 1.88. The average molecular weight is 375 g/mol. The third-order valence-corrected chi connectivity index (χ3v) is 5.29. The predicted octanol–water partition coefficient (Wildman–Crippen LogP) is 3.80. The minimum absolute atomic E-state index is 0.114. The molecule has 3 rings (SSSR count). The van der Waals surface area contributed by atoms with E-state index in [-0.39, 0.29) is 11.8 Å². The minimum Gasteiger partial charge on any atom is -0.361 e. The molecule has 1 aromatic carbocycles. The van der Waals surface area contributed by atoms with E-state index in [4.69, 9.17) is 0 Å². The molecule has 0 saturated carbocycles. The minimum atomic E-state index is -0.246. The van der Waals surface area contributed by atoms with Crippen molar-refractivity contribution in [2.75, 3.05) is 32.7 Å². The molecule has 5 nitrogen and oxygen atoms in total. The van der Waals surface area contributed by atoms with E-state index in [1.807, 2.05) is 6.20 Å². The van der Waals surface area contributed by atoms with Crippen molar-refractivity contribution in [3.63, 3.8) is 0 Å². The molecule has 1 aliphatic rings. The standard InChI is InChI=1S/C21H31FN4O/c22-18-7-8-19-17(16-25-20(19)15-18)9-11-24-21(27)23-10-3-1-4-12-26-13-5-2-6-14-26/h7-8,15-16,25H,1-6,9-14H2,(H2,23,24,27). The fourth-order valence-corrected chi connectivity index (χ4v) is 3.76. The van der Waals surface area contributed by atoms with E-state index in [1.165, 1.54) is 57.5 Å². The van der Waals surface area contributed by atoms with Gasteiger partial charge in [0.1, 0.15) is 5.82 Å². The van der Waals surface area contributed by atoms with Gasteiger partial charge >= 0.3 is 6.03 Å². The van der Waals surface area contributed by atoms with E-state index < -0.39 is 0 Å². The number of aromatic amines is 1. The number of aromatic nitrogens is 1. The highest BCUT2D eigenvalue weighted by atomic mass is 19.1. The van der Waals surface area contributed by atoms with Crippen LogP contribution in [0.4, 0.5) is 9.18 Å². The molecule has 0 spiro atoms. The highest BCUT2D eigenvalue weighted by molar-refractivity contribution is 5.83. The summed E-state index contributed by atoms with van der Waals surface area (Å²) in [6.45, 7) is 4.99. The first-order valence-electron chi connectivity index (χ1n) is 10.2. The normalized spacial score (nSPS) is 15.1. The lowest BCUT2D eigenvalue weighted by Crippen LogP contribution is -2.37. The quantitative estimate of drug-likeness (QED) is 0.585. The zero-order valence-electron chi connectivity index (χ0n) is 16.0. The first-order chi connectivity index (χ1) is 13.2. The molecule has 148 valence electrons. The molecule has 0 aliphatic carbocycles. The molecule has 1 aliphatic heterocycles. The highest BCUT2D eigenvalue weighted by Crippen LogP contribution is 2.19. The van der Waals surface area contributed by atoms with Gasteiger partial charge in [-0.25, -0.2) is 9.18 Å².